The zero-order valence-corrected chi connectivity index (χ0v) is 7.05. The molecule has 1 heteroatoms. The van der Waals surface area contributed by atoms with E-state index in [0.29, 0.717) is 0 Å². The van der Waals surface area contributed by atoms with Gasteiger partial charge in [-0.2, -0.15) is 0 Å². The molecule has 0 unspecified atom stereocenters. The normalized spacial score (nSPS) is 16.7. The minimum atomic E-state index is 1.32. The van der Waals surface area contributed by atoms with Crippen molar-refractivity contribution in [3.8, 4) is 0 Å². The molecule has 0 aromatic rings. The molecule has 1 aliphatic heterocycles. The van der Waals surface area contributed by atoms with E-state index in [4.69, 9.17) is 0 Å². The molecule has 0 atom stereocenters. The van der Waals surface area contributed by atoms with E-state index in [1.54, 1.807) is 9.81 Å². The predicted molar refractivity (Wildman–Crippen MR) is 44.4 cm³/mol. The first-order valence-electron chi connectivity index (χ1n) is 3.78. The lowest BCUT2D eigenvalue weighted by Crippen LogP contribution is -1.62. The van der Waals surface area contributed by atoms with E-state index in [2.05, 4.69) is 13.8 Å². The van der Waals surface area contributed by atoms with Gasteiger partial charge in [0.05, 0.1) is 0 Å². The van der Waals surface area contributed by atoms with Crippen LogP contribution in [-0.4, -0.2) is 0 Å². The summed E-state index contributed by atoms with van der Waals surface area (Å²) in [6.07, 6.45) is 5.30. The molecule has 0 aliphatic carbocycles. The fraction of sp³-hybridized carbons (Fsp3) is 0.750. The van der Waals surface area contributed by atoms with Crippen molar-refractivity contribution in [2.45, 2.75) is 39.5 Å². The van der Waals surface area contributed by atoms with Crippen LogP contribution in [0.2, 0.25) is 0 Å². The average Bonchev–Trinajstić information content (AvgIpc) is 2.50. The first-order valence-corrected chi connectivity index (χ1v) is 4.60. The van der Waals surface area contributed by atoms with Crippen LogP contribution in [0.15, 0.2) is 9.81 Å². The van der Waals surface area contributed by atoms with Gasteiger partial charge in [-0.1, -0.05) is 38.5 Å². The van der Waals surface area contributed by atoms with Gasteiger partial charge in [-0.3, -0.25) is 0 Å². The van der Waals surface area contributed by atoms with Crippen LogP contribution in [0.5, 0.6) is 0 Å². The molecule has 0 amide bonds. The summed E-state index contributed by atoms with van der Waals surface area (Å²) < 4.78 is 0. The predicted octanol–water partition coefficient (Wildman–Crippen LogP) is 3.55. The van der Waals surface area contributed by atoms with Gasteiger partial charge in [-0.25, -0.2) is 0 Å². The van der Waals surface area contributed by atoms with Crippen molar-refractivity contribution in [1.29, 1.82) is 0 Å². The lowest BCUT2D eigenvalue weighted by Gasteiger charge is -1.80. The Labute approximate surface area is 61.7 Å². The molecule has 0 saturated heterocycles. The van der Waals surface area contributed by atoms with Crippen molar-refractivity contribution >= 4 is 11.8 Å². The van der Waals surface area contributed by atoms with E-state index in [-0.39, 0.29) is 0 Å². The zero-order valence-electron chi connectivity index (χ0n) is 6.24. The molecule has 0 aromatic carbocycles. The maximum atomic E-state index is 2.25. The third-order valence-electron chi connectivity index (χ3n) is 1.47. The van der Waals surface area contributed by atoms with Gasteiger partial charge in [-0.15, -0.1) is 0 Å². The Hall–Kier alpha value is 0.0900. The Morgan fingerprint density at radius 1 is 1.00 bits per heavy atom. The van der Waals surface area contributed by atoms with Crippen LogP contribution in [0.25, 0.3) is 0 Å². The van der Waals surface area contributed by atoms with Gasteiger partial charge in [0, 0.05) is 0 Å². The van der Waals surface area contributed by atoms with Gasteiger partial charge >= 0.3 is 0 Å². The Bertz CT molecular complexity index is 111. The number of allylic oxidation sites excluding steroid dienone is 2. The van der Waals surface area contributed by atoms with E-state index in [1.807, 2.05) is 11.8 Å². The molecule has 1 aliphatic rings. The number of thioether (sulfide) groups is 1. The summed E-state index contributed by atoms with van der Waals surface area (Å²) in [6, 6.07) is 0. The second-order valence-electron chi connectivity index (χ2n) is 2.45. The number of hydrogen-bond acceptors (Lipinski definition) is 1. The van der Waals surface area contributed by atoms with Crippen molar-refractivity contribution in [3.63, 3.8) is 0 Å². The second kappa shape index (κ2) is 3.31. The lowest BCUT2D eigenvalue weighted by atomic mass is 10.2. The fourth-order valence-corrected chi connectivity index (χ4v) is 2.02. The maximum absolute atomic E-state index is 2.25. The molecule has 0 radical (unpaired) electrons. The van der Waals surface area contributed by atoms with Gasteiger partial charge in [-0.05, 0) is 22.7 Å². The lowest BCUT2D eigenvalue weighted by molar-refractivity contribution is 0.921. The summed E-state index contributed by atoms with van der Waals surface area (Å²) in [4.78, 5) is 3.36. The molecule has 9 heavy (non-hydrogen) atoms. The SMILES string of the molecule is CCCC1=C(CCC)S1. The summed E-state index contributed by atoms with van der Waals surface area (Å²) in [5.74, 6) is 0. The summed E-state index contributed by atoms with van der Waals surface area (Å²) >= 11 is 2.02. The highest BCUT2D eigenvalue weighted by atomic mass is 32.2. The highest BCUT2D eigenvalue weighted by molar-refractivity contribution is 8.13. The average molecular weight is 142 g/mol. The van der Waals surface area contributed by atoms with Gasteiger partial charge in [0.15, 0.2) is 0 Å². The summed E-state index contributed by atoms with van der Waals surface area (Å²) in [5.41, 5.74) is 0. The van der Waals surface area contributed by atoms with E-state index < -0.39 is 0 Å². The van der Waals surface area contributed by atoms with Gasteiger partial charge in [0.1, 0.15) is 0 Å². The third kappa shape index (κ3) is 2.05. The Morgan fingerprint density at radius 3 is 1.78 bits per heavy atom. The second-order valence-corrected chi connectivity index (χ2v) is 3.64. The van der Waals surface area contributed by atoms with Crippen LogP contribution in [0.3, 0.4) is 0 Å². The summed E-state index contributed by atoms with van der Waals surface area (Å²) in [7, 11) is 0. The summed E-state index contributed by atoms with van der Waals surface area (Å²) in [5, 5.41) is 0. The van der Waals surface area contributed by atoms with E-state index in [1.165, 1.54) is 25.7 Å². The van der Waals surface area contributed by atoms with Crippen molar-refractivity contribution in [1.82, 2.24) is 0 Å². The van der Waals surface area contributed by atoms with E-state index >= 15 is 0 Å². The number of hydrogen-bond donors (Lipinski definition) is 0. The molecule has 1 heterocycles. The molecule has 1 rings (SSSR count). The minimum Gasteiger partial charge on any atom is -0.0973 e. The maximum Gasteiger partial charge on any atom is -0.000693 e. The van der Waals surface area contributed by atoms with Gasteiger partial charge < -0.3 is 0 Å². The van der Waals surface area contributed by atoms with Gasteiger partial charge in [0.25, 0.3) is 0 Å². The molecule has 0 nitrogen and oxygen atoms in total. The fourth-order valence-electron chi connectivity index (χ4n) is 0.958. The molecule has 0 saturated carbocycles. The van der Waals surface area contributed by atoms with Crippen LogP contribution in [0, 0.1) is 0 Å². The van der Waals surface area contributed by atoms with Crippen molar-refractivity contribution < 1.29 is 0 Å². The summed E-state index contributed by atoms with van der Waals surface area (Å²) in [6.45, 7) is 4.49. The molecule has 0 fully saturated rings. The molecule has 0 spiro atoms. The quantitative estimate of drug-likeness (QED) is 0.578. The van der Waals surface area contributed by atoms with Gasteiger partial charge in [0.2, 0.25) is 0 Å². The molecular formula is C8H14S. The van der Waals surface area contributed by atoms with Crippen molar-refractivity contribution in [2.24, 2.45) is 0 Å². The van der Waals surface area contributed by atoms with Crippen LogP contribution in [0.1, 0.15) is 39.5 Å². The molecule has 0 aromatic heterocycles. The zero-order chi connectivity index (χ0) is 6.69. The molecule has 52 valence electrons. The first-order chi connectivity index (χ1) is 4.38. The highest BCUT2D eigenvalue weighted by Crippen LogP contribution is 2.50. The third-order valence-corrected chi connectivity index (χ3v) is 2.66. The van der Waals surface area contributed by atoms with Crippen LogP contribution in [-0.2, 0) is 0 Å². The van der Waals surface area contributed by atoms with Crippen LogP contribution < -0.4 is 0 Å². The highest BCUT2D eigenvalue weighted by Gasteiger charge is 2.19. The molecule has 0 bridgehead atoms. The standard InChI is InChI=1S/C8H14S/c1-3-5-7-8(9-7)6-4-2/h3-6H2,1-2H3. The molecule has 0 N–H and O–H groups in total. The van der Waals surface area contributed by atoms with E-state index in [0.717, 1.165) is 0 Å². The monoisotopic (exact) mass is 142 g/mol. The molecular weight excluding hydrogens is 128 g/mol. The largest absolute Gasteiger partial charge is 0.0973 e. The van der Waals surface area contributed by atoms with Crippen LogP contribution in [0.4, 0.5) is 0 Å². The van der Waals surface area contributed by atoms with Crippen molar-refractivity contribution in [3.05, 3.63) is 9.81 Å². The number of rotatable bonds is 4. The Morgan fingerprint density at radius 2 is 1.44 bits per heavy atom. The minimum absolute atomic E-state index is 1.32. The first kappa shape index (κ1) is 7.20. The van der Waals surface area contributed by atoms with Crippen LogP contribution >= 0.6 is 11.8 Å². The van der Waals surface area contributed by atoms with E-state index in [9.17, 15) is 0 Å². The Balaban J connectivity index is 2.15. The van der Waals surface area contributed by atoms with Crippen molar-refractivity contribution in [2.75, 3.05) is 0 Å². The topological polar surface area (TPSA) is 0 Å². The Kier molecular flexibility index (Phi) is 2.65. The smallest absolute Gasteiger partial charge is 0.000693 e.